The van der Waals surface area contributed by atoms with Gasteiger partial charge in [-0.1, -0.05) is 26.7 Å². The smallest absolute Gasteiger partial charge is 0.223 e. The van der Waals surface area contributed by atoms with E-state index >= 15 is 0 Å². The topological polar surface area (TPSA) is 78.4 Å². The molecular formula is C14H26N2O3. The molecule has 19 heavy (non-hydrogen) atoms. The van der Waals surface area contributed by atoms with Gasteiger partial charge in [-0.25, -0.2) is 0 Å². The molecule has 0 bridgehead atoms. The Bertz CT molecular complexity index is 310. The molecule has 5 heteroatoms. The first-order valence-electron chi connectivity index (χ1n) is 7.10. The van der Waals surface area contributed by atoms with Crippen LogP contribution in [0.5, 0.6) is 0 Å². The van der Waals surface area contributed by atoms with Crippen LogP contribution < -0.4 is 10.6 Å². The minimum atomic E-state index is -0.303. The molecule has 0 aliphatic heterocycles. The summed E-state index contributed by atoms with van der Waals surface area (Å²) >= 11 is 0. The van der Waals surface area contributed by atoms with Crippen molar-refractivity contribution < 1.29 is 14.7 Å². The average molecular weight is 270 g/mol. The standard InChI is InChI=1S/C14H26N2O3/c1-14(2,10-17)9-16-12(18)7-8-15-13(19)11-5-3-4-6-11/h11,17H,3-10H2,1-2H3,(H,15,19)(H,16,18). The molecule has 0 atom stereocenters. The molecule has 0 radical (unpaired) electrons. The second kappa shape index (κ2) is 7.48. The molecule has 1 aliphatic carbocycles. The van der Waals surface area contributed by atoms with Crippen molar-refractivity contribution in [1.29, 1.82) is 0 Å². The fraction of sp³-hybridized carbons (Fsp3) is 0.857. The van der Waals surface area contributed by atoms with E-state index in [0.717, 1.165) is 25.7 Å². The quantitative estimate of drug-likeness (QED) is 0.641. The van der Waals surface area contributed by atoms with E-state index in [-0.39, 0.29) is 29.8 Å². The number of hydrogen-bond donors (Lipinski definition) is 3. The predicted molar refractivity (Wildman–Crippen MR) is 73.5 cm³/mol. The van der Waals surface area contributed by atoms with Gasteiger partial charge in [0.05, 0.1) is 0 Å². The lowest BCUT2D eigenvalue weighted by Gasteiger charge is -2.21. The van der Waals surface area contributed by atoms with E-state index in [4.69, 9.17) is 5.11 Å². The Morgan fingerprint density at radius 2 is 1.84 bits per heavy atom. The highest BCUT2D eigenvalue weighted by Gasteiger charge is 2.22. The Labute approximate surface area is 115 Å². The molecule has 0 spiro atoms. The van der Waals surface area contributed by atoms with E-state index in [1.807, 2.05) is 13.8 Å². The maximum Gasteiger partial charge on any atom is 0.223 e. The first kappa shape index (κ1) is 16.0. The summed E-state index contributed by atoms with van der Waals surface area (Å²) in [5, 5.41) is 14.7. The largest absolute Gasteiger partial charge is 0.396 e. The van der Waals surface area contributed by atoms with Crippen molar-refractivity contribution in [1.82, 2.24) is 10.6 Å². The van der Waals surface area contributed by atoms with Crippen LogP contribution in [-0.4, -0.2) is 36.6 Å². The van der Waals surface area contributed by atoms with Crippen LogP contribution in [0, 0.1) is 11.3 Å². The lowest BCUT2D eigenvalue weighted by molar-refractivity contribution is -0.125. The highest BCUT2D eigenvalue weighted by molar-refractivity contribution is 5.80. The van der Waals surface area contributed by atoms with Gasteiger partial charge in [-0.15, -0.1) is 0 Å². The highest BCUT2D eigenvalue weighted by Crippen LogP contribution is 2.24. The third kappa shape index (κ3) is 6.05. The Hall–Kier alpha value is -1.10. The Balaban J connectivity index is 2.11. The second-order valence-corrected chi connectivity index (χ2v) is 6.12. The van der Waals surface area contributed by atoms with Crippen LogP contribution in [0.4, 0.5) is 0 Å². The van der Waals surface area contributed by atoms with Crippen molar-refractivity contribution in [2.45, 2.75) is 46.0 Å². The van der Waals surface area contributed by atoms with Crippen LogP contribution in [0.3, 0.4) is 0 Å². The van der Waals surface area contributed by atoms with E-state index in [1.54, 1.807) is 0 Å². The summed E-state index contributed by atoms with van der Waals surface area (Å²) in [5.41, 5.74) is -0.303. The van der Waals surface area contributed by atoms with Gasteiger partial charge in [-0.05, 0) is 12.8 Å². The zero-order chi connectivity index (χ0) is 14.3. The van der Waals surface area contributed by atoms with Gasteiger partial charge < -0.3 is 15.7 Å². The Morgan fingerprint density at radius 1 is 1.21 bits per heavy atom. The van der Waals surface area contributed by atoms with E-state index < -0.39 is 0 Å². The number of hydrogen-bond acceptors (Lipinski definition) is 3. The normalized spacial score (nSPS) is 16.4. The third-order valence-electron chi connectivity index (χ3n) is 3.57. The van der Waals surface area contributed by atoms with Crippen LogP contribution in [0.1, 0.15) is 46.0 Å². The highest BCUT2D eigenvalue weighted by atomic mass is 16.3. The number of aliphatic hydroxyl groups is 1. The van der Waals surface area contributed by atoms with Gasteiger partial charge in [0, 0.05) is 37.5 Å². The maximum atomic E-state index is 11.7. The molecule has 0 saturated heterocycles. The molecule has 3 N–H and O–H groups in total. The molecule has 0 aromatic rings. The third-order valence-corrected chi connectivity index (χ3v) is 3.57. The van der Waals surface area contributed by atoms with Gasteiger partial charge in [0.25, 0.3) is 0 Å². The summed E-state index contributed by atoms with van der Waals surface area (Å²) in [6.45, 7) is 4.63. The minimum absolute atomic E-state index is 0.0334. The number of aliphatic hydroxyl groups excluding tert-OH is 1. The summed E-state index contributed by atoms with van der Waals surface area (Å²) in [6.07, 6.45) is 4.51. The number of amides is 2. The summed E-state index contributed by atoms with van der Waals surface area (Å²) in [7, 11) is 0. The maximum absolute atomic E-state index is 11.7. The average Bonchev–Trinajstić information content (AvgIpc) is 2.90. The van der Waals surface area contributed by atoms with Crippen molar-refractivity contribution in [2.24, 2.45) is 11.3 Å². The predicted octanol–water partition coefficient (Wildman–Crippen LogP) is 0.818. The van der Waals surface area contributed by atoms with Crippen LogP contribution in [0.2, 0.25) is 0 Å². The number of nitrogens with one attached hydrogen (secondary N) is 2. The van der Waals surface area contributed by atoms with Crippen LogP contribution >= 0.6 is 0 Å². The first-order valence-corrected chi connectivity index (χ1v) is 7.10. The Kier molecular flexibility index (Phi) is 6.28. The molecular weight excluding hydrogens is 244 g/mol. The van der Waals surface area contributed by atoms with E-state index in [9.17, 15) is 9.59 Å². The van der Waals surface area contributed by atoms with Crippen molar-refractivity contribution >= 4 is 11.8 Å². The van der Waals surface area contributed by atoms with Crippen LogP contribution in [-0.2, 0) is 9.59 Å². The molecule has 1 saturated carbocycles. The molecule has 0 unspecified atom stereocenters. The van der Waals surface area contributed by atoms with Gasteiger partial charge in [-0.3, -0.25) is 9.59 Å². The van der Waals surface area contributed by atoms with Crippen molar-refractivity contribution in [3.05, 3.63) is 0 Å². The molecule has 5 nitrogen and oxygen atoms in total. The fourth-order valence-corrected chi connectivity index (χ4v) is 2.11. The van der Waals surface area contributed by atoms with Gasteiger partial charge in [0.15, 0.2) is 0 Å². The molecule has 2 amide bonds. The molecule has 110 valence electrons. The lowest BCUT2D eigenvalue weighted by atomic mass is 9.95. The fourth-order valence-electron chi connectivity index (χ4n) is 2.11. The van der Waals surface area contributed by atoms with E-state index in [1.165, 1.54) is 0 Å². The molecule has 0 aromatic carbocycles. The number of carbonyl (C=O) groups is 2. The summed E-state index contributed by atoms with van der Waals surface area (Å²) in [5.74, 6) is 0.144. The molecule has 0 heterocycles. The Morgan fingerprint density at radius 3 is 2.42 bits per heavy atom. The van der Waals surface area contributed by atoms with Gasteiger partial charge >= 0.3 is 0 Å². The monoisotopic (exact) mass is 270 g/mol. The van der Waals surface area contributed by atoms with E-state index in [0.29, 0.717) is 19.5 Å². The zero-order valence-corrected chi connectivity index (χ0v) is 12.0. The zero-order valence-electron chi connectivity index (χ0n) is 12.0. The number of rotatable bonds is 7. The lowest BCUT2D eigenvalue weighted by Crippen LogP contribution is -2.38. The molecule has 1 fully saturated rings. The molecule has 1 aliphatic rings. The second-order valence-electron chi connectivity index (χ2n) is 6.12. The number of carbonyl (C=O) groups excluding carboxylic acids is 2. The SMILES string of the molecule is CC(C)(CO)CNC(=O)CCNC(=O)C1CCCC1. The van der Waals surface area contributed by atoms with Gasteiger partial charge in [-0.2, -0.15) is 0 Å². The van der Waals surface area contributed by atoms with Gasteiger partial charge in [0.2, 0.25) is 11.8 Å². The van der Waals surface area contributed by atoms with Crippen molar-refractivity contribution in [3.8, 4) is 0 Å². The van der Waals surface area contributed by atoms with Crippen LogP contribution in [0.25, 0.3) is 0 Å². The van der Waals surface area contributed by atoms with Gasteiger partial charge in [0.1, 0.15) is 0 Å². The summed E-state index contributed by atoms with van der Waals surface area (Å²) < 4.78 is 0. The van der Waals surface area contributed by atoms with Crippen molar-refractivity contribution in [3.63, 3.8) is 0 Å². The van der Waals surface area contributed by atoms with E-state index in [2.05, 4.69) is 10.6 Å². The molecule has 0 aromatic heterocycles. The minimum Gasteiger partial charge on any atom is -0.396 e. The first-order chi connectivity index (χ1) is 8.94. The summed E-state index contributed by atoms with van der Waals surface area (Å²) in [6, 6.07) is 0. The van der Waals surface area contributed by atoms with Crippen LogP contribution in [0.15, 0.2) is 0 Å². The summed E-state index contributed by atoms with van der Waals surface area (Å²) in [4.78, 5) is 23.3. The molecule has 1 rings (SSSR count). The van der Waals surface area contributed by atoms with Crippen molar-refractivity contribution in [2.75, 3.05) is 19.7 Å².